The minimum absolute atomic E-state index is 0.0400. The number of esters is 3. The van der Waals surface area contributed by atoms with Gasteiger partial charge >= 0.3 is 35.7 Å². The van der Waals surface area contributed by atoms with E-state index in [1.165, 1.54) is 13.8 Å². The van der Waals surface area contributed by atoms with Gasteiger partial charge in [-0.1, -0.05) is 19.7 Å². The van der Waals surface area contributed by atoms with Crippen molar-refractivity contribution >= 4 is 17.9 Å². The molecule has 0 bridgehead atoms. The van der Waals surface area contributed by atoms with E-state index in [2.05, 4.69) is 33.9 Å². The third-order valence-electron chi connectivity index (χ3n) is 4.08. The predicted octanol–water partition coefficient (Wildman–Crippen LogP) is 4.76. The van der Waals surface area contributed by atoms with Crippen LogP contribution < -0.4 is 0 Å². The summed E-state index contributed by atoms with van der Waals surface area (Å²) in [6.07, 6.45) is -0.913. The first kappa shape index (κ1) is 32.0. The Morgan fingerprint density at radius 2 is 1.06 bits per heavy atom. The average molecular weight is 518 g/mol. The Balaban J connectivity index is 4.61. The van der Waals surface area contributed by atoms with Crippen LogP contribution in [0.15, 0.2) is 36.6 Å². The van der Waals surface area contributed by atoms with Gasteiger partial charge in [0.05, 0.1) is 19.0 Å². The topological polar surface area (TPSA) is 88.1 Å². The van der Waals surface area contributed by atoms with Gasteiger partial charge in [0.15, 0.2) is 13.2 Å². The number of ether oxygens (including phenoxy) is 4. The Kier molecular flexibility index (Phi) is 12.6. The Labute approximate surface area is 198 Å². The highest BCUT2D eigenvalue weighted by Crippen LogP contribution is 2.46. The van der Waals surface area contributed by atoms with Crippen LogP contribution in [0, 0.1) is 0 Å². The Hall–Kier alpha value is -2.99. The van der Waals surface area contributed by atoms with Crippen molar-refractivity contribution in [1.82, 2.24) is 0 Å². The van der Waals surface area contributed by atoms with E-state index in [1.54, 1.807) is 0 Å². The zero-order chi connectivity index (χ0) is 27.4. The molecule has 0 rings (SSSR count). The molecule has 0 unspecified atom stereocenters. The van der Waals surface area contributed by atoms with Gasteiger partial charge in [0.2, 0.25) is 0 Å². The molecule has 35 heavy (non-hydrogen) atoms. The summed E-state index contributed by atoms with van der Waals surface area (Å²) in [6, 6.07) is 0. The van der Waals surface area contributed by atoms with Gasteiger partial charge in [0, 0.05) is 24.0 Å². The average Bonchev–Trinajstić information content (AvgIpc) is 2.76. The van der Waals surface area contributed by atoms with Crippen LogP contribution >= 0.6 is 0 Å². The van der Waals surface area contributed by atoms with Crippen molar-refractivity contribution in [3.8, 4) is 0 Å². The van der Waals surface area contributed by atoms with E-state index in [0.717, 1.165) is 0 Å². The molecule has 0 radical (unpaired) electrons. The monoisotopic (exact) mass is 518 g/mol. The fourth-order valence-electron chi connectivity index (χ4n) is 2.02. The van der Waals surface area contributed by atoms with Crippen molar-refractivity contribution in [3.63, 3.8) is 0 Å². The summed E-state index contributed by atoms with van der Waals surface area (Å²) in [5.41, 5.74) is 0.199. The maximum Gasteiger partial charge on any atom is 0.378 e. The number of halogens is 6. The summed E-state index contributed by atoms with van der Waals surface area (Å²) in [5, 5.41) is 0. The zero-order valence-corrected chi connectivity index (χ0v) is 19.4. The van der Waals surface area contributed by atoms with Gasteiger partial charge < -0.3 is 18.9 Å². The highest BCUT2D eigenvalue weighted by atomic mass is 19.3. The molecular weight excluding hydrogens is 490 g/mol. The molecule has 0 amide bonds. The Morgan fingerprint density at radius 3 is 1.49 bits per heavy atom. The molecule has 13 heteroatoms. The zero-order valence-electron chi connectivity index (χ0n) is 19.4. The minimum Gasteiger partial charge on any atom is -0.492 e. The molecule has 0 saturated heterocycles. The van der Waals surface area contributed by atoms with Crippen molar-refractivity contribution in [1.29, 1.82) is 0 Å². The first-order valence-corrected chi connectivity index (χ1v) is 10.2. The molecule has 0 saturated carbocycles. The van der Waals surface area contributed by atoms with Gasteiger partial charge in [-0.15, -0.1) is 0 Å². The van der Waals surface area contributed by atoms with E-state index in [4.69, 9.17) is 4.74 Å². The maximum absolute atomic E-state index is 13.9. The number of hydrogen-bond donors (Lipinski definition) is 0. The number of carbonyl (C=O) groups excluding carboxylic acids is 3. The SMILES string of the molecule is C=C(CCCOC(=O)C(=C)C)OCC(F)(F)C(F)(F)C(F)(F)COC(=O)CCCOC(=O)C(=C)C. The minimum atomic E-state index is -5.94. The van der Waals surface area contributed by atoms with Gasteiger partial charge in [-0.05, 0) is 26.7 Å². The van der Waals surface area contributed by atoms with Gasteiger partial charge in [-0.2, -0.15) is 26.3 Å². The van der Waals surface area contributed by atoms with Crippen LogP contribution in [0.5, 0.6) is 0 Å². The van der Waals surface area contributed by atoms with E-state index in [-0.39, 0.29) is 43.6 Å². The number of allylic oxidation sites excluding steroid dienone is 1. The molecule has 0 N–H and O–H groups in total. The summed E-state index contributed by atoms with van der Waals surface area (Å²) < 4.78 is 101. The van der Waals surface area contributed by atoms with Gasteiger partial charge in [-0.25, -0.2) is 9.59 Å². The van der Waals surface area contributed by atoms with E-state index in [0.29, 0.717) is 0 Å². The molecule has 0 aliphatic heterocycles. The molecule has 0 heterocycles. The fourth-order valence-corrected chi connectivity index (χ4v) is 2.02. The first-order chi connectivity index (χ1) is 15.9. The van der Waals surface area contributed by atoms with Crippen LogP contribution in [0.2, 0.25) is 0 Å². The lowest BCUT2D eigenvalue weighted by Crippen LogP contribution is -2.58. The number of rotatable bonds is 17. The number of hydrogen-bond acceptors (Lipinski definition) is 7. The van der Waals surface area contributed by atoms with Crippen molar-refractivity contribution < 1.29 is 59.7 Å². The molecule has 0 atom stereocenters. The lowest BCUT2D eigenvalue weighted by atomic mass is 10.1. The second-order valence-electron chi connectivity index (χ2n) is 7.51. The lowest BCUT2D eigenvalue weighted by molar-refractivity contribution is -0.325. The predicted molar refractivity (Wildman–Crippen MR) is 111 cm³/mol. The standard InChI is InChI=1S/C22H28F6O7/c1-14(2)18(30)32-10-6-8-16(5)34-12-20(23,24)22(27,28)21(25,26)13-35-17(29)9-7-11-33-19(31)15(3)4/h1,3,5-13H2,2,4H3. The van der Waals surface area contributed by atoms with Crippen LogP contribution in [0.4, 0.5) is 26.3 Å². The van der Waals surface area contributed by atoms with Gasteiger partial charge in [-0.3, -0.25) is 4.79 Å². The summed E-state index contributed by atoms with van der Waals surface area (Å²) in [7, 11) is 0. The van der Waals surface area contributed by atoms with Crippen LogP contribution in [0.25, 0.3) is 0 Å². The largest absolute Gasteiger partial charge is 0.492 e. The molecule has 0 aliphatic carbocycles. The maximum atomic E-state index is 13.9. The van der Waals surface area contributed by atoms with E-state index in [1.807, 2.05) is 0 Å². The molecule has 200 valence electrons. The second kappa shape index (κ2) is 13.8. The van der Waals surface area contributed by atoms with Crippen LogP contribution in [0.1, 0.15) is 39.5 Å². The van der Waals surface area contributed by atoms with Crippen molar-refractivity contribution in [3.05, 3.63) is 36.6 Å². The van der Waals surface area contributed by atoms with Crippen molar-refractivity contribution in [2.75, 3.05) is 26.4 Å². The van der Waals surface area contributed by atoms with Gasteiger partial charge in [0.1, 0.15) is 0 Å². The number of carbonyl (C=O) groups is 3. The molecule has 0 aliphatic rings. The van der Waals surface area contributed by atoms with Crippen molar-refractivity contribution in [2.45, 2.75) is 57.3 Å². The van der Waals surface area contributed by atoms with E-state index >= 15 is 0 Å². The third kappa shape index (κ3) is 10.9. The smallest absolute Gasteiger partial charge is 0.378 e. The Bertz CT molecular complexity index is 744. The van der Waals surface area contributed by atoms with E-state index in [9.17, 15) is 40.7 Å². The Morgan fingerprint density at radius 1 is 0.657 bits per heavy atom. The quantitative estimate of drug-likeness (QED) is 0.0685. The number of alkyl halides is 6. The first-order valence-electron chi connectivity index (χ1n) is 10.2. The third-order valence-corrected chi connectivity index (χ3v) is 4.08. The summed E-state index contributed by atoms with van der Waals surface area (Å²) in [5.74, 6) is -20.0. The summed E-state index contributed by atoms with van der Waals surface area (Å²) in [6.45, 7) is 7.72. The molecule has 0 fully saturated rings. The summed E-state index contributed by atoms with van der Waals surface area (Å²) in [4.78, 5) is 33.8. The van der Waals surface area contributed by atoms with Crippen LogP contribution in [0.3, 0.4) is 0 Å². The van der Waals surface area contributed by atoms with Gasteiger partial charge in [0.25, 0.3) is 0 Å². The summed E-state index contributed by atoms with van der Waals surface area (Å²) >= 11 is 0. The molecular formula is C22H28F6O7. The molecule has 0 aromatic heterocycles. The van der Waals surface area contributed by atoms with Crippen LogP contribution in [-0.2, 0) is 33.3 Å². The molecule has 0 aromatic carbocycles. The van der Waals surface area contributed by atoms with E-state index < -0.39 is 61.1 Å². The molecule has 0 spiro atoms. The fraction of sp³-hybridized carbons (Fsp3) is 0.591. The highest BCUT2D eigenvalue weighted by Gasteiger charge is 2.72. The highest BCUT2D eigenvalue weighted by molar-refractivity contribution is 5.87. The molecule has 7 nitrogen and oxygen atoms in total. The lowest BCUT2D eigenvalue weighted by Gasteiger charge is -2.32. The molecule has 0 aromatic rings. The second-order valence-corrected chi connectivity index (χ2v) is 7.51. The van der Waals surface area contributed by atoms with Crippen LogP contribution in [-0.4, -0.2) is 62.1 Å². The van der Waals surface area contributed by atoms with Crippen molar-refractivity contribution in [2.24, 2.45) is 0 Å². The normalized spacial score (nSPS) is 11.9.